The summed E-state index contributed by atoms with van der Waals surface area (Å²) in [7, 11) is 0. The van der Waals surface area contributed by atoms with Gasteiger partial charge in [0.25, 0.3) is 0 Å². The Hall–Kier alpha value is -2.75. The summed E-state index contributed by atoms with van der Waals surface area (Å²) in [5.41, 5.74) is 3.44. The molecule has 0 aliphatic heterocycles. The van der Waals surface area contributed by atoms with Crippen molar-refractivity contribution in [2.75, 3.05) is 6.61 Å². The average Bonchev–Trinajstić information content (AvgIpc) is 2.75. The lowest BCUT2D eigenvalue weighted by molar-refractivity contribution is -0.150. The molecule has 4 rings (SSSR count). The van der Waals surface area contributed by atoms with Crippen molar-refractivity contribution in [3.63, 3.8) is 0 Å². The summed E-state index contributed by atoms with van der Waals surface area (Å²) in [5.74, 6) is -0.930. The van der Waals surface area contributed by atoms with Gasteiger partial charge in [-0.15, -0.1) is 0 Å². The molecule has 30 heavy (non-hydrogen) atoms. The number of benzene rings is 2. The molecule has 0 radical (unpaired) electrons. The van der Waals surface area contributed by atoms with Crippen LogP contribution in [0.1, 0.15) is 55.7 Å². The van der Waals surface area contributed by atoms with Crippen LogP contribution >= 0.6 is 0 Å². The van der Waals surface area contributed by atoms with Gasteiger partial charge in [0, 0.05) is 5.56 Å². The number of carbonyl (C=O) groups excluding carboxylic acids is 2. The van der Waals surface area contributed by atoms with Crippen LogP contribution < -0.4 is 0 Å². The van der Waals surface area contributed by atoms with Crippen LogP contribution in [0.3, 0.4) is 0 Å². The molecule has 0 bridgehead atoms. The fraction of sp³-hybridized carbons (Fsp3) is 0.423. The number of esters is 1. The highest BCUT2D eigenvalue weighted by Crippen LogP contribution is 2.50. The summed E-state index contributed by atoms with van der Waals surface area (Å²) in [6.07, 6.45) is 6.41. The standard InChI is InChI=1S/C26H29NO3/c1-2-30-25(29)23-24(27-22(28)17-19-11-5-3-6-12-19)21-14-8-7-13-20(21)18-26(23)15-9-4-10-16-26/h3,5-8,11-14,23H,2,4,9-10,15-18H2,1H3. The van der Waals surface area contributed by atoms with Crippen molar-refractivity contribution in [2.45, 2.75) is 51.9 Å². The molecule has 4 heteroatoms. The Bertz CT molecular complexity index is 942. The van der Waals surface area contributed by atoms with Crippen molar-refractivity contribution in [3.8, 4) is 0 Å². The quantitative estimate of drug-likeness (QED) is 0.680. The summed E-state index contributed by atoms with van der Waals surface area (Å²) in [4.78, 5) is 30.7. The van der Waals surface area contributed by atoms with Gasteiger partial charge in [0.05, 0.1) is 18.7 Å². The van der Waals surface area contributed by atoms with Gasteiger partial charge < -0.3 is 4.74 Å². The number of hydrogen-bond donors (Lipinski definition) is 0. The predicted octanol–water partition coefficient (Wildman–Crippen LogP) is 4.93. The van der Waals surface area contributed by atoms with E-state index in [-0.39, 0.29) is 23.7 Å². The molecule has 1 atom stereocenters. The fourth-order valence-corrected chi connectivity index (χ4v) is 5.23. The lowest BCUT2D eigenvalue weighted by Crippen LogP contribution is -2.48. The van der Waals surface area contributed by atoms with Gasteiger partial charge in [0.15, 0.2) is 0 Å². The zero-order valence-electron chi connectivity index (χ0n) is 17.6. The average molecular weight is 404 g/mol. The minimum absolute atomic E-state index is 0.204. The first-order valence-electron chi connectivity index (χ1n) is 11.0. The van der Waals surface area contributed by atoms with Crippen LogP contribution in [0.2, 0.25) is 0 Å². The molecule has 2 aromatic carbocycles. The van der Waals surface area contributed by atoms with E-state index in [4.69, 9.17) is 4.74 Å². The number of rotatable bonds is 4. The molecule has 1 spiro atoms. The van der Waals surface area contributed by atoms with Gasteiger partial charge in [-0.1, -0.05) is 73.9 Å². The molecule has 1 fully saturated rings. The lowest BCUT2D eigenvalue weighted by Gasteiger charge is -2.46. The van der Waals surface area contributed by atoms with Crippen molar-refractivity contribution >= 4 is 17.6 Å². The molecule has 0 N–H and O–H groups in total. The van der Waals surface area contributed by atoms with E-state index in [1.54, 1.807) is 0 Å². The maximum Gasteiger partial charge on any atom is 0.315 e. The Kier molecular flexibility index (Phi) is 6.12. The number of nitrogens with zero attached hydrogens (tertiary/aromatic N) is 1. The van der Waals surface area contributed by atoms with Gasteiger partial charge in [0.1, 0.15) is 5.92 Å². The normalized spacial score (nSPS) is 21.2. The molecular formula is C26H29NO3. The third kappa shape index (κ3) is 4.09. The van der Waals surface area contributed by atoms with Gasteiger partial charge >= 0.3 is 5.97 Å². The number of ether oxygens (including phenoxy) is 1. The van der Waals surface area contributed by atoms with Crippen LogP contribution in [-0.4, -0.2) is 24.2 Å². The summed E-state index contributed by atoms with van der Waals surface area (Å²) in [6.45, 7) is 2.16. The Labute approximate surface area is 178 Å². The predicted molar refractivity (Wildman–Crippen MR) is 117 cm³/mol. The highest BCUT2D eigenvalue weighted by atomic mass is 16.5. The van der Waals surface area contributed by atoms with Crippen LogP contribution in [0.5, 0.6) is 0 Å². The first-order valence-corrected chi connectivity index (χ1v) is 11.0. The molecule has 0 aromatic heterocycles. The number of fused-ring (bicyclic) bond motifs is 1. The van der Waals surface area contributed by atoms with Crippen molar-refractivity contribution in [3.05, 3.63) is 71.3 Å². The van der Waals surface area contributed by atoms with Gasteiger partial charge in [0.2, 0.25) is 5.91 Å². The molecule has 1 amide bonds. The van der Waals surface area contributed by atoms with Gasteiger partial charge in [-0.05, 0) is 42.7 Å². The third-order valence-corrected chi connectivity index (χ3v) is 6.54. The first kappa shape index (κ1) is 20.5. The molecule has 2 aliphatic carbocycles. The number of aliphatic imine (C=N–C) groups is 1. The van der Waals surface area contributed by atoms with Crippen LogP contribution in [0.25, 0.3) is 0 Å². The molecule has 1 saturated carbocycles. The third-order valence-electron chi connectivity index (χ3n) is 6.54. The Morgan fingerprint density at radius 2 is 1.70 bits per heavy atom. The Morgan fingerprint density at radius 3 is 2.43 bits per heavy atom. The second kappa shape index (κ2) is 8.95. The van der Waals surface area contributed by atoms with Gasteiger partial charge in [-0.25, -0.2) is 4.99 Å². The molecule has 0 saturated heterocycles. The summed E-state index contributed by atoms with van der Waals surface area (Å²) in [5, 5.41) is 0. The molecular weight excluding hydrogens is 374 g/mol. The van der Waals surface area contributed by atoms with E-state index in [9.17, 15) is 9.59 Å². The van der Waals surface area contributed by atoms with E-state index in [0.29, 0.717) is 12.3 Å². The minimum atomic E-state index is -0.479. The highest BCUT2D eigenvalue weighted by Gasteiger charge is 2.51. The monoisotopic (exact) mass is 403 g/mol. The molecule has 2 aromatic rings. The van der Waals surface area contributed by atoms with Crippen LogP contribution in [0, 0.1) is 11.3 Å². The van der Waals surface area contributed by atoms with E-state index >= 15 is 0 Å². The van der Waals surface area contributed by atoms with Gasteiger partial charge in [-0.2, -0.15) is 0 Å². The topological polar surface area (TPSA) is 55.7 Å². The highest BCUT2D eigenvalue weighted by molar-refractivity contribution is 6.17. The van der Waals surface area contributed by atoms with Crippen molar-refractivity contribution in [2.24, 2.45) is 16.3 Å². The maximum absolute atomic E-state index is 13.2. The van der Waals surface area contributed by atoms with E-state index in [0.717, 1.165) is 43.2 Å². The molecule has 0 heterocycles. The summed E-state index contributed by atoms with van der Waals surface area (Å²) in [6, 6.07) is 17.7. The minimum Gasteiger partial charge on any atom is -0.465 e. The van der Waals surface area contributed by atoms with E-state index in [1.807, 2.05) is 55.5 Å². The lowest BCUT2D eigenvalue weighted by atomic mass is 9.57. The second-order valence-electron chi connectivity index (χ2n) is 8.50. The molecule has 2 aliphatic rings. The zero-order chi connectivity index (χ0) is 21.0. The zero-order valence-corrected chi connectivity index (χ0v) is 17.6. The van der Waals surface area contributed by atoms with Crippen LogP contribution in [0.4, 0.5) is 0 Å². The number of hydrogen-bond acceptors (Lipinski definition) is 3. The number of carbonyl (C=O) groups is 2. The van der Waals surface area contributed by atoms with E-state index < -0.39 is 5.92 Å². The molecule has 156 valence electrons. The Balaban J connectivity index is 1.78. The second-order valence-corrected chi connectivity index (χ2v) is 8.50. The molecule has 1 unspecified atom stereocenters. The largest absolute Gasteiger partial charge is 0.465 e. The van der Waals surface area contributed by atoms with Crippen molar-refractivity contribution < 1.29 is 14.3 Å². The summed E-state index contributed by atoms with van der Waals surface area (Å²) >= 11 is 0. The molecule has 4 nitrogen and oxygen atoms in total. The Morgan fingerprint density at radius 1 is 1.00 bits per heavy atom. The van der Waals surface area contributed by atoms with Crippen molar-refractivity contribution in [1.29, 1.82) is 0 Å². The van der Waals surface area contributed by atoms with E-state index in [1.165, 1.54) is 12.0 Å². The van der Waals surface area contributed by atoms with Crippen LogP contribution in [-0.2, 0) is 27.2 Å². The smallest absolute Gasteiger partial charge is 0.315 e. The SMILES string of the molecule is CCOC(=O)C1C(=NC(=O)Cc2ccccc2)c2ccccc2CC12CCCCC2. The maximum atomic E-state index is 13.2. The first-order chi connectivity index (χ1) is 14.6. The van der Waals surface area contributed by atoms with E-state index in [2.05, 4.69) is 11.1 Å². The fourth-order valence-electron chi connectivity index (χ4n) is 5.23. The van der Waals surface area contributed by atoms with Crippen molar-refractivity contribution in [1.82, 2.24) is 0 Å². The summed E-state index contributed by atoms with van der Waals surface area (Å²) < 4.78 is 5.52. The number of amides is 1. The van der Waals surface area contributed by atoms with Crippen LogP contribution in [0.15, 0.2) is 59.6 Å². The van der Waals surface area contributed by atoms with Gasteiger partial charge in [-0.3, -0.25) is 9.59 Å².